The third kappa shape index (κ3) is 2.03. The molecule has 0 unspecified atom stereocenters. The van der Waals surface area contributed by atoms with Crippen LogP contribution in [0, 0.1) is 0 Å². The summed E-state index contributed by atoms with van der Waals surface area (Å²) in [5.74, 6) is 1.03. The molecule has 0 aromatic carbocycles. The third-order valence-corrected chi connectivity index (χ3v) is 1.54. The van der Waals surface area contributed by atoms with Gasteiger partial charge in [-0.05, 0) is 6.54 Å². The second-order valence-corrected chi connectivity index (χ2v) is 2.36. The summed E-state index contributed by atoms with van der Waals surface area (Å²) < 4.78 is 2.03. The minimum Gasteiger partial charge on any atom is -0.334 e. The van der Waals surface area contributed by atoms with Crippen LogP contribution in [0.25, 0.3) is 0 Å². The van der Waals surface area contributed by atoms with Crippen molar-refractivity contribution in [2.24, 2.45) is 11.5 Å². The van der Waals surface area contributed by atoms with E-state index < -0.39 is 0 Å². The molecule has 1 aromatic rings. The standard InChI is InChI=1S/C7H14N4/c8-2-1-7-10-4-6-11(7)5-3-9/h4,6H,1-3,5,8-9H2. The van der Waals surface area contributed by atoms with Crippen molar-refractivity contribution in [3.8, 4) is 0 Å². The molecule has 11 heavy (non-hydrogen) atoms. The first-order valence-corrected chi connectivity index (χ1v) is 3.78. The molecule has 4 nitrogen and oxygen atoms in total. The Kier molecular flexibility index (Phi) is 3.07. The van der Waals surface area contributed by atoms with Crippen molar-refractivity contribution in [2.75, 3.05) is 13.1 Å². The Balaban J connectivity index is 2.62. The van der Waals surface area contributed by atoms with Crippen LogP contribution in [0.4, 0.5) is 0 Å². The topological polar surface area (TPSA) is 69.9 Å². The number of hydrogen-bond acceptors (Lipinski definition) is 3. The zero-order valence-corrected chi connectivity index (χ0v) is 6.53. The van der Waals surface area contributed by atoms with Gasteiger partial charge in [0.25, 0.3) is 0 Å². The van der Waals surface area contributed by atoms with Crippen LogP contribution in [0.5, 0.6) is 0 Å². The van der Waals surface area contributed by atoms with Crippen LogP contribution in [-0.2, 0) is 13.0 Å². The van der Waals surface area contributed by atoms with Crippen molar-refractivity contribution in [2.45, 2.75) is 13.0 Å². The quantitative estimate of drug-likeness (QED) is 0.605. The highest BCUT2D eigenvalue weighted by atomic mass is 15.1. The summed E-state index contributed by atoms with van der Waals surface area (Å²) in [4.78, 5) is 4.15. The fourth-order valence-electron chi connectivity index (χ4n) is 1.04. The first-order valence-electron chi connectivity index (χ1n) is 3.78. The SMILES string of the molecule is NCCc1nccn1CCN. The van der Waals surface area contributed by atoms with Crippen LogP contribution in [0.15, 0.2) is 12.4 Å². The lowest BCUT2D eigenvalue weighted by Crippen LogP contribution is -2.14. The summed E-state index contributed by atoms with van der Waals surface area (Å²) in [5, 5.41) is 0. The molecular weight excluding hydrogens is 140 g/mol. The van der Waals surface area contributed by atoms with E-state index >= 15 is 0 Å². The summed E-state index contributed by atoms with van der Waals surface area (Å²) in [5.41, 5.74) is 10.8. The number of imidazole rings is 1. The third-order valence-electron chi connectivity index (χ3n) is 1.54. The summed E-state index contributed by atoms with van der Waals surface area (Å²) in [6.07, 6.45) is 4.53. The molecule has 0 atom stereocenters. The maximum atomic E-state index is 5.40. The Morgan fingerprint density at radius 3 is 2.82 bits per heavy atom. The smallest absolute Gasteiger partial charge is 0.109 e. The molecule has 0 spiro atoms. The van der Waals surface area contributed by atoms with Crippen molar-refractivity contribution in [3.05, 3.63) is 18.2 Å². The van der Waals surface area contributed by atoms with Gasteiger partial charge in [-0.25, -0.2) is 4.98 Å². The second-order valence-electron chi connectivity index (χ2n) is 2.36. The molecule has 1 heterocycles. The summed E-state index contributed by atoms with van der Waals surface area (Å²) >= 11 is 0. The predicted octanol–water partition coefficient (Wildman–Crippen LogP) is -0.657. The predicted molar refractivity (Wildman–Crippen MR) is 44.0 cm³/mol. The van der Waals surface area contributed by atoms with Gasteiger partial charge >= 0.3 is 0 Å². The first-order chi connectivity index (χ1) is 5.38. The number of nitrogens with two attached hydrogens (primary N) is 2. The molecule has 0 aliphatic heterocycles. The highest BCUT2D eigenvalue weighted by Crippen LogP contribution is 1.96. The normalized spacial score (nSPS) is 10.4. The molecular formula is C7H14N4. The van der Waals surface area contributed by atoms with E-state index in [1.54, 1.807) is 6.20 Å². The summed E-state index contributed by atoms with van der Waals surface area (Å²) in [6, 6.07) is 0. The van der Waals surface area contributed by atoms with Crippen molar-refractivity contribution in [3.63, 3.8) is 0 Å². The molecule has 62 valence electrons. The molecule has 4 heteroatoms. The van der Waals surface area contributed by atoms with E-state index in [1.807, 2.05) is 10.8 Å². The lowest BCUT2D eigenvalue weighted by Gasteiger charge is -2.03. The van der Waals surface area contributed by atoms with Crippen LogP contribution in [0.3, 0.4) is 0 Å². The van der Waals surface area contributed by atoms with Crippen molar-refractivity contribution >= 4 is 0 Å². The molecule has 1 aromatic heterocycles. The second kappa shape index (κ2) is 4.10. The van der Waals surface area contributed by atoms with E-state index in [4.69, 9.17) is 11.5 Å². The molecule has 0 radical (unpaired) electrons. The van der Waals surface area contributed by atoms with Crippen molar-refractivity contribution in [1.29, 1.82) is 0 Å². The summed E-state index contributed by atoms with van der Waals surface area (Å²) in [7, 11) is 0. The van der Waals surface area contributed by atoms with Crippen LogP contribution < -0.4 is 11.5 Å². The van der Waals surface area contributed by atoms with Gasteiger partial charge in [-0.1, -0.05) is 0 Å². The number of nitrogens with zero attached hydrogens (tertiary/aromatic N) is 2. The fourth-order valence-corrected chi connectivity index (χ4v) is 1.04. The van der Waals surface area contributed by atoms with Gasteiger partial charge in [0.1, 0.15) is 5.82 Å². The molecule has 0 amide bonds. The molecule has 0 saturated heterocycles. The Bertz CT molecular complexity index is 185. The first kappa shape index (κ1) is 8.23. The molecule has 0 aliphatic rings. The van der Waals surface area contributed by atoms with Gasteiger partial charge in [-0.15, -0.1) is 0 Å². The van der Waals surface area contributed by atoms with Gasteiger partial charge < -0.3 is 16.0 Å². The minimum atomic E-state index is 0.640. The van der Waals surface area contributed by atoms with Gasteiger partial charge in [0.05, 0.1) is 0 Å². The maximum absolute atomic E-state index is 5.40. The maximum Gasteiger partial charge on any atom is 0.109 e. The van der Waals surface area contributed by atoms with E-state index in [0.29, 0.717) is 13.1 Å². The lowest BCUT2D eigenvalue weighted by molar-refractivity contribution is 0.658. The van der Waals surface area contributed by atoms with E-state index in [9.17, 15) is 0 Å². The van der Waals surface area contributed by atoms with E-state index in [-0.39, 0.29) is 0 Å². The molecule has 4 N–H and O–H groups in total. The van der Waals surface area contributed by atoms with E-state index in [0.717, 1.165) is 18.8 Å². The average molecular weight is 154 g/mol. The fraction of sp³-hybridized carbons (Fsp3) is 0.571. The van der Waals surface area contributed by atoms with Gasteiger partial charge in [-0.3, -0.25) is 0 Å². The number of aromatic nitrogens is 2. The largest absolute Gasteiger partial charge is 0.334 e. The highest BCUT2D eigenvalue weighted by molar-refractivity contribution is 4.92. The van der Waals surface area contributed by atoms with Gasteiger partial charge in [0, 0.05) is 31.9 Å². The van der Waals surface area contributed by atoms with Crippen molar-refractivity contribution < 1.29 is 0 Å². The Hall–Kier alpha value is -0.870. The zero-order chi connectivity index (χ0) is 8.10. The number of rotatable bonds is 4. The minimum absolute atomic E-state index is 0.640. The van der Waals surface area contributed by atoms with Crippen LogP contribution in [0.2, 0.25) is 0 Å². The van der Waals surface area contributed by atoms with E-state index in [2.05, 4.69) is 4.98 Å². The van der Waals surface area contributed by atoms with Crippen LogP contribution in [0.1, 0.15) is 5.82 Å². The molecule has 0 bridgehead atoms. The molecule has 1 rings (SSSR count). The molecule has 0 fully saturated rings. The van der Waals surface area contributed by atoms with Crippen LogP contribution >= 0.6 is 0 Å². The summed E-state index contributed by atoms with van der Waals surface area (Å²) in [6.45, 7) is 2.12. The molecule has 0 aliphatic carbocycles. The average Bonchev–Trinajstić information content (AvgIpc) is 2.39. The Morgan fingerprint density at radius 2 is 2.18 bits per heavy atom. The Labute approximate surface area is 66.2 Å². The molecule has 0 saturated carbocycles. The van der Waals surface area contributed by atoms with Crippen LogP contribution in [-0.4, -0.2) is 22.6 Å². The van der Waals surface area contributed by atoms with Gasteiger partial charge in [0.15, 0.2) is 0 Å². The van der Waals surface area contributed by atoms with Gasteiger partial charge in [-0.2, -0.15) is 0 Å². The number of hydrogen-bond donors (Lipinski definition) is 2. The Morgan fingerprint density at radius 1 is 1.36 bits per heavy atom. The van der Waals surface area contributed by atoms with E-state index in [1.165, 1.54) is 0 Å². The monoisotopic (exact) mass is 154 g/mol. The highest BCUT2D eigenvalue weighted by Gasteiger charge is 1.98. The van der Waals surface area contributed by atoms with Crippen molar-refractivity contribution in [1.82, 2.24) is 9.55 Å². The van der Waals surface area contributed by atoms with Gasteiger partial charge in [0.2, 0.25) is 0 Å². The zero-order valence-electron chi connectivity index (χ0n) is 6.53. The lowest BCUT2D eigenvalue weighted by atomic mass is 10.4.